The number of para-hydroxylation sites is 4. The molecule has 0 aliphatic rings. The summed E-state index contributed by atoms with van der Waals surface area (Å²) < 4.78 is 9.08. The zero-order chi connectivity index (χ0) is 40.3. The molecule has 12 aromatic rings. The van der Waals surface area contributed by atoms with Crippen LogP contribution < -0.4 is 4.90 Å². The lowest BCUT2D eigenvalue weighted by Crippen LogP contribution is -2.11. The minimum Gasteiger partial charge on any atom is -0.455 e. The highest BCUT2D eigenvalue weighted by atomic mass is 16.3. The summed E-state index contributed by atoms with van der Waals surface area (Å²) in [6, 6.07) is 83.0. The van der Waals surface area contributed by atoms with Gasteiger partial charge in [-0.15, -0.1) is 0 Å². The molecule has 61 heavy (non-hydrogen) atoms. The van der Waals surface area contributed by atoms with E-state index in [0.29, 0.717) is 0 Å². The molecule has 0 N–H and O–H groups in total. The van der Waals surface area contributed by atoms with E-state index in [0.717, 1.165) is 78.0 Å². The Kier molecular flexibility index (Phi) is 8.17. The van der Waals surface area contributed by atoms with Crippen LogP contribution in [-0.4, -0.2) is 4.57 Å². The second-order valence-electron chi connectivity index (χ2n) is 15.7. The van der Waals surface area contributed by atoms with E-state index in [1.807, 2.05) is 6.07 Å². The Morgan fingerprint density at radius 3 is 1.75 bits per heavy atom. The van der Waals surface area contributed by atoms with Crippen LogP contribution in [-0.2, 0) is 0 Å². The third-order valence-electron chi connectivity index (χ3n) is 12.2. The third kappa shape index (κ3) is 5.82. The van der Waals surface area contributed by atoms with Crippen molar-refractivity contribution in [2.75, 3.05) is 4.90 Å². The minimum absolute atomic E-state index is 0.893. The number of furan rings is 1. The van der Waals surface area contributed by atoms with Crippen molar-refractivity contribution in [2.45, 2.75) is 0 Å². The van der Waals surface area contributed by atoms with Gasteiger partial charge in [-0.1, -0.05) is 176 Å². The van der Waals surface area contributed by atoms with Crippen LogP contribution in [0.4, 0.5) is 17.1 Å². The van der Waals surface area contributed by atoms with Crippen LogP contribution in [0, 0.1) is 0 Å². The van der Waals surface area contributed by atoms with Crippen LogP contribution >= 0.6 is 0 Å². The first kappa shape index (κ1) is 34.9. The van der Waals surface area contributed by atoms with Gasteiger partial charge in [-0.3, -0.25) is 0 Å². The smallest absolute Gasteiger partial charge is 0.143 e. The Balaban J connectivity index is 1.12. The quantitative estimate of drug-likeness (QED) is 0.161. The molecule has 0 bridgehead atoms. The van der Waals surface area contributed by atoms with E-state index >= 15 is 0 Å². The van der Waals surface area contributed by atoms with E-state index in [9.17, 15) is 0 Å². The first-order valence-electron chi connectivity index (χ1n) is 20.8. The van der Waals surface area contributed by atoms with Crippen LogP contribution in [0.25, 0.3) is 93.6 Å². The maximum atomic E-state index is 6.63. The fourth-order valence-electron chi connectivity index (χ4n) is 9.34. The molecular formula is C58H38N2O. The molecule has 0 unspecified atom stereocenters. The second-order valence-corrected chi connectivity index (χ2v) is 15.7. The Labute approximate surface area is 353 Å². The SMILES string of the molecule is c1ccc(-c2ccc(N(c3ccc4c5ccccc5n(-c5ccccc5-c5cccc6c5oc5ccccc56)c4c3)c3cc4ccccc4cc3-c3ccccc3)cc2)cc1. The highest BCUT2D eigenvalue weighted by molar-refractivity contribution is 6.13. The van der Waals surface area contributed by atoms with Crippen LogP contribution in [0.15, 0.2) is 235 Å². The molecule has 10 aromatic carbocycles. The molecule has 3 heteroatoms. The Bertz CT molecular complexity index is 3580. The van der Waals surface area contributed by atoms with Gasteiger partial charge in [0.05, 0.1) is 22.4 Å². The van der Waals surface area contributed by atoms with Crippen molar-refractivity contribution in [2.24, 2.45) is 0 Å². The first-order chi connectivity index (χ1) is 30.3. The van der Waals surface area contributed by atoms with Crippen LogP contribution in [0.3, 0.4) is 0 Å². The standard InChI is InChI=1S/C58H38N2O/c1-3-16-39(17-4-1)40-30-32-44(33-31-40)59(55-37-43-21-8-7-20-42(43)36-52(55)41-18-5-2-6-19-41)45-34-35-48-46-22-9-12-27-53(46)60(56(48)38-45)54-28-13-10-23-47(54)50-25-15-26-51-49-24-11-14-29-57(49)61-58(50)51/h1-38H. The van der Waals surface area contributed by atoms with Crippen molar-refractivity contribution in [3.63, 3.8) is 0 Å². The lowest BCUT2D eigenvalue weighted by Gasteiger charge is -2.29. The number of hydrogen-bond donors (Lipinski definition) is 0. The summed E-state index contributed by atoms with van der Waals surface area (Å²) in [4.78, 5) is 2.44. The molecular weight excluding hydrogens is 741 g/mol. The van der Waals surface area contributed by atoms with E-state index < -0.39 is 0 Å². The minimum atomic E-state index is 0.893. The molecule has 286 valence electrons. The summed E-state index contributed by atoms with van der Waals surface area (Å²) in [6.07, 6.45) is 0. The van der Waals surface area contributed by atoms with Crippen molar-refractivity contribution >= 4 is 71.6 Å². The van der Waals surface area contributed by atoms with Gasteiger partial charge in [-0.05, 0) is 82.1 Å². The molecule has 0 aliphatic heterocycles. The molecule has 0 amide bonds. The Morgan fingerprint density at radius 2 is 0.934 bits per heavy atom. The predicted molar refractivity (Wildman–Crippen MR) is 257 cm³/mol. The van der Waals surface area contributed by atoms with E-state index in [1.54, 1.807) is 0 Å². The van der Waals surface area contributed by atoms with Gasteiger partial charge >= 0.3 is 0 Å². The van der Waals surface area contributed by atoms with Crippen molar-refractivity contribution < 1.29 is 4.42 Å². The zero-order valence-corrected chi connectivity index (χ0v) is 33.2. The van der Waals surface area contributed by atoms with Crippen LogP contribution in [0.5, 0.6) is 0 Å². The van der Waals surface area contributed by atoms with E-state index in [-0.39, 0.29) is 0 Å². The Morgan fingerprint density at radius 1 is 0.344 bits per heavy atom. The van der Waals surface area contributed by atoms with E-state index in [1.165, 1.54) is 32.7 Å². The topological polar surface area (TPSA) is 21.3 Å². The maximum Gasteiger partial charge on any atom is 0.143 e. The molecule has 3 nitrogen and oxygen atoms in total. The third-order valence-corrected chi connectivity index (χ3v) is 12.2. The molecule has 0 spiro atoms. The molecule has 2 heterocycles. The average Bonchev–Trinajstić information content (AvgIpc) is 3.88. The highest BCUT2D eigenvalue weighted by Crippen LogP contribution is 2.46. The summed E-state index contributed by atoms with van der Waals surface area (Å²) in [6.45, 7) is 0. The number of nitrogens with zero attached hydrogens (tertiary/aromatic N) is 2. The molecule has 0 fully saturated rings. The fraction of sp³-hybridized carbons (Fsp3) is 0. The van der Waals surface area contributed by atoms with Gasteiger partial charge in [0, 0.05) is 49.6 Å². The number of hydrogen-bond acceptors (Lipinski definition) is 2. The normalized spacial score (nSPS) is 11.6. The average molecular weight is 779 g/mol. The van der Waals surface area contributed by atoms with Crippen LogP contribution in [0.2, 0.25) is 0 Å². The van der Waals surface area contributed by atoms with Crippen molar-refractivity contribution in [3.8, 4) is 39.1 Å². The number of aromatic nitrogens is 1. The molecule has 2 aromatic heterocycles. The number of fused-ring (bicyclic) bond motifs is 7. The highest BCUT2D eigenvalue weighted by Gasteiger charge is 2.23. The summed E-state index contributed by atoms with van der Waals surface area (Å²) in [5.41, 5.74) is 15.3. The molecule has 12 rings (SSSR count). The van der Waals surface area contributed by atoms with Gasteiger partial charge in [0.1, 0.15) is 11.2 Å². The summed E-state index contributed by atoms with van der Waals surface area (Å²) in [5, 5.41) is 7.03. The van der Waals surface area contributed by atoms with Crippen molar-refractivity contribution in [1.82, 2.24) is 4.57 Å². The van der Waals surface area contributed by atoms with Gasteiger partial charge in [0.2, 0.25) is 0 Å². The van der Waals surface area contributed by atoms with Crippen molar-refractivity contribution in [1.29, 1.82) is 0 Å². The molecule has 0 saturated carbocycles. The lowest BCUT2D eigenvalue weighted by molar-refractivity contribution is 0.670. The molecule has 0 saturated heterocycles. The van der Waals surface area contributed by atoms with E-state index in [2.05, 4.69) is 234 Å². The summed E-state index contributed by atoms with van der Waals surface area (Å²) in [7, 11) is 0. The van der Waals surface area contributed by atoms with Gasteiger partial charge in [0.15, 0.2) is 0 Å². The first-order valence-corrected chi connectivity index (χ1v) is 20.8. The second kappa shape index (κ2) is 14.3. The predicted octanol–water partition coefficient (Wildman–Crippen LogP) is 16.3. The number of benzene rings is 10. The summed E-state index contributed by atoms with van der Waals surface area (Å²) in [5.74, 6) is 0. The van der Waals surface area contributed by atoms with Crippen LogP contribution in [0.1, 0.15) is 0 Å². The largest absolute Gasteiger partial charge is 0.455 e. The molecule has 0 atom stereocenters. The fourth-order valence-corrected chi connectivity index (χ4v) is 9.34. The number of anilines is 3. The summed E-state index contributed by atoms with van der Waals surface area (Å²) >= 11 is 0. The zero-order valence-electron chi connectivity index (χ0n) is 33.2. The van der Waals surface area contributed by atoms with Gasteiger partial charge < -0.3 is 13.9 Å². The van der Waals surface area contributed by atoms with Crippen molar-refractivity contribution in [3.05, 3.63) is 231 Å². The Hall–Kier alpha value is -8.14. The van der Waals surface area contributed by atoms with Gasteiger partial charge in [-0.25, -0.2) is 0 Å². The monoisotopic (exact) mass is 778 g/mol. The van der Waals surface area contributed by atoms with Gasteiger partial charge in [-0.2, -0.15) is 0 Å². The van der Waals surface area contributed by atoms with Gasteiger partial charge in [0.25, 0.3) is 0 Å². The lowest BCUT2D eigenvalue weighted by atomic mass is 9.97. The molecule has 0 aliphatic carbocycles. The maximum absolute atomic E-state index is 6.63. The van der Waals surface area contributed by atoms with E-state index in [4.69, 9.17) is 4.42 Å². The number of rotatable bonds is 7. The molecule has 0 radical (unpaired) electrons.